The van der Waals surface area contributed by atoms with E-state index in [0.717, 1.165) is 10.9 Å². The molecule has 0 fully saturated rings. The Hall–Kier alpha value is -3.08. The summed E-state index contributed by atoms with van der Waals surface area (Å²) in [7, 11) is 0. The molecule has 1 atom stereocenters. The normalized spacial score (nSPS) is 16.1. The molecule has 0 radical (unpaired) electrons. The van der Waals surface area contributed by atoms with E-state index in [2.05, 4.69) is 10.3 Å². The van der Waals surface area contributed by atoms with Crippen LogP contribution in [0.2, 0.25) is 0 Å². The van der Waals surface area contributed by atoms with Crippen molar-refractivity contribution in [3.05, 3.63) is 60.8 Å². The van der Waals surface area contributed by atoms with E-state index in [-0.39, 0.29) is 12.5 Å². The highest BCUT2D eigenvalue weighted by atomic mass is 16.6. The van der Waals surface area contributed by atoms with Crippen LogP contribution < -0.4 is 14.8 Å². The van der Waals surface area contributed by atoms with E-state index in [9.17, 15) is 4.79 Å². The van der Waals surface area contributed by atoms with Gasteiger partial charge in [0.25, 0.3) is 5.91 Å². The molecule has 0 unspecified atom stereocenters. The Balaban J connectivity index is 1.51. The van der Waals surface area contributed by atoms with Crippen LogP contribution in [0.1, 0.15) is 0 Å². The number of para-hydroxylation sites is 3. The maximum atomic E-state index is 12.4. The minimum atomic E-state index is -0.684. The maximum absolute atomic E-state index is 12.4. The lowest BCUT2D eigenvalue weighted by Gasteiger charge is -2.25. The van der Waals surface area contributed by atoms with Crippen molar-refractivity contribution >= 4 is 22.5 Å². The molecule has 1 aliphatic heterocycles. The number of rotatable bonds is 2. The molecule has 1 N–H and O–H groups in total. The van der Waals surface area contributed by atoms with Crippen LogP contribution in [-0.4, -0.2) is 23.6 Å². The third kappa shape index (κ3) is 2.68. The van der Waals surface area contributed by atoms with Gasteiger partial charge < -0.3 is 14.8 Å². The van der Waals surface area contributed by atoms with Gasteiger partial charge in [-0.3, -0.25) is 9.78 Å². The second-order valence-electron chi connectivity index (χ2n) is 5.27. The van der Waals surface area contributed by atoms with Gasteiger partial charge in [-0.25, -0.2) is 0 Å². The van der Waals surface area contributed by atoms with Crippen molar-refractivity contribution in [3.8, 4) is 11.5 Å². The Labute approximate surface area is 132 Å². The van der Waals surface area contributed by atoms with Crippen LogP contribution in [0.25, 0.3) is 10.9 Å². The Morgan fingerprint density at radius 3 is 2.78 bits per heavy atom. The molecule has 1 aliphatic rings. The molecule has 1 aromatic heterocycles. The van der Waals surface area contributed by atoms with Gasteiger partial charge in [0.1, 0.15) is 6.61 Å². The van der Waals surface area contributed by atoms with E-state index in [0.29, 0.717) is 17.2 Å². The molecule has 114 valence electrons. The number of carbonyl (C=O) groups is 1. The van der Waals surface area contributed by atoms with Crippen molar-refractivity contribution in [2.24, 2.45) is 0 Å². The van der Waals surface area contributed by atoms with Crippen LogP contribution in [0.3, 0.4) is 0 Å². The van der Waals surface area contributed by atoms with Crippen molar-refractivity contribution < 1.29 is 14.3 Å². The van der Waals surface area contributed by atoms with Gasteiger partial charge in [-0.2, -0.15) is 0 Å². The van der Waals surface area contributed by atoms with Gasteiger partial charge in [-0.15, -0.1) is 0 Å². The van der Waals surface area contributed by atoms with E-state index in [1.807, 2.05) is 48.5 Å². The van der Waals surface area contributed by atoms with E-state index in [1.54, 1.807) is 12.3 Å². The number of aromatic nitrogens is 1. The van der Waals surface area contributed by atoms with E-state index in [1.165, 1.54) is 0 Å². The van der Waals surface area contributed by atoms with Crippen LogP contribution in [0.4, 0.5) is 5.69 Å². The highest BCUT2D eigenvalue weighted by Crippen LogP contribution is 2.31. The number of nitrogens with zero attached hydrogens (tertiary/aromatic N) is 1. The molecule has 4 rings (SSSR count). The minimum Gasteiger partial charge on any atom is -0.485 e. The number of pyridine rings is 1. The lowest BCUT2D eigenvalue weighted by molar-refractivity contribution is -0.125. The quantitative estimate of drug-likeness (QED) is 0.790. The number of anilines is 1. The molecule has 2 heterocycles. The summed E-state index contributed by atoms with van der Waals surface area (Å²) in [5.41, 5.74) is 1.52. The largest absolute Gasteiger partial charge is 0.485 e. The van der Waals surface area contributed by atoms with Crippen molar-refractivity contribution in [3.63, 3.8) is 0 Å². The number of nitrogens with one attached hydrogen (secondary N) is 1. The summed E-state index contributed by atoms with van der Waals surface area (Å²) in [6, 6.07) is 16.9. The molecule has 3 aromatic rings. The zero-order valence-corrected chi connectivity index (χ0v) is 12.2. The standard InChI is InChI=1S/C18H14N2O3/c21-18(17-11-22-15-7-3-4-8-16(15)23-17)20-13-9-12-5-1-2-6-14(12)19-10-13/h1-10,17H,11H2,(H,20,21)/t17-/m1/s1. The Morgan fingerprint density at radius 1 is 1.09 bits per heavy atom. The molecule has 1 amide bonds. The third-order valence-corrected chi connectivity index (χ3v) is 3.66. The molecular formula is C18H14N2O3. The fourth-order valence-electron chi connectivity index (χ4n) is 2.51. The highest BCUT2D eigenvalue weighted by Gasteiger charge is 2.27. The summed E-state index contributed by atoms with van der Waals surface area (Å²) in [5, 5.41) is 3.80. The fraction of sp³-hybridized carbons (Fsp3) is 0.111. The number of ether oxygens (including phenoxy) is 2. The van der Waals surface area contributed by atoms with Crippen LogP contribution in [-0.2, 0) is 4.79 Å². The van der Waals surface area contributed by atoms with Crippen molar-refractivity contribution in [1.82, 2.24) is 4.98 Å². The number of hydrogen-bond acceptors (Lipinski definition) is 4. The van der Waals surface area contributed by atoms with Gasteiger partial charge >= 0.3 is 0 Å². The smallest absolute Gasteiger partial charge is 0.269 e. The highest BCUT2D eigenvalue weighted by molar-refractivity contribution is 5.96. The molecule has 0 aliphatic carbocycles. The van der Waals surface area contributed by atoms with E-state index in [4.69, 9.17) is 9.47 Å². The van der Waals surface area contributed by atoms with Crippen LogP contribution in [0.15, 0.2) is 60.8 Å². The molecule has 23 heavy (non-hydrogen) atoms. The number of hydrogen-bond donors (Lipinski definition) is 1. The Bertz CT molecular complexity index is 879. The molecule has 5 heteroatoms. The molecule has 0 spiro atoms. The van der Waals surface area contributed by atoms with Gasteiger partial charge in [-0.05, 0) is 24.3 Å². The number of fused-ring (bicyclic) bond motifs is 2. The molecule has 0 bridgehead atoms. The minimum absolute atomic E-state index is 0.184. The third-order valence-electron chi connectivity index (χ3n) is 3.66. The number of carbonyl (C=O) groups excluding carboxylic acids is 1. The summed E-state index contributed by atoms with van der Waals surface area (Å²) in [5.74, 6) is 0.982. The lowest BCUT2D eigenvalue weighted by atomic mass is 10.2. The van der Waals surface area contributed by atoms with Gasteiger partial charge in [0.15, 0.2) is 11.5 Å². The van der Waals surface area contributed by atoms with Crippen molar-refractivity contribution in [2.45, 2.75) is 6.10 Å². The van der Waals surface area contributed by atoms with Crippen LogP contribution >= 0.6 is 0 Å². The van der Waals surface area contributed by atoms with Gasteiger partial charge in [0.05, 0.1) is 17.4 Å². The molecule has 2 aromatic carbocycles. The van der Waals surface area contributed by atoms with Crippen LogP contribution in [0, 0.1) is 0 Å². The summed E-state index contributed by atoms with van der Waals surface area (Å²) >= 11 is 0. The average Bonchev–Trinajstić information content (AvgIpc) is 2.61. The maximum Gasteiger partial charge on any atom is 0.269 e. The molecular weight excluding hydrogens is 292 g/mol. The molecule has 0 saturated heterocycles. The second-order valence-corrected chi connectivity index (χ2v) is 5.27. The van der Waals surface area contributed by atoms with Gasteiger partial charge in [0.2, 0.25) is 6.10 Å². The summed E-state index contributed by atoms with van der Waals surface area (Å²) in [6.45, 7) is 0.184. The first-order valence-electron chi connectivity index (χ1n) is 7.34. The Kier molecular flexibility index (Phi) is 3.31. The topological polar surface area (TPSA) is 60.5 Å². The predicted molar refractivity (Wildman–Crippen MR) is 86.7 cm³/mol. The van der Waals surface area contributed by atoms with Crippen molar-refractivity contribution in [1.29, 1.82) is 0 Å². The molecule has 5 nitrogen and oxygen atoms in total. The van der Waals surface area contributed by atoms with Gasteiger partial charge in [-0.1, -0.05) is 30.3 Å². The second kappa shape index (κ2) is 5.61. The summed E-state index contributed by atoms with van der Waals surface area (Å²) < 4.78 is 11.3. The summed E-state index contributed by atoms with van der Waals surface area (Å²) in [4.78, 5) is 16.7. The lowest BCUT2D eigenvalue weighted by Crippen LogP contribution is -2.40. The number of benzene rings is 2. The summed E-state index contributed by atoms with van der Waals surface area (Å²) in [6.07, 6.45) is 0.953. The zero-order chi connectivity index (χ0) is 15.6. The predicted octanol–water partition coefficient (Wildman–Crippen LogP) is 3.01. The number of amides is 1. The monoisotopic (exact) mass is 306 g/mol. The average molecular weight is 306 g/mol. The van der Waals surface area contributed by atoms with E-state index >= 15 is 0 Å². The first-order valence-corrected chi connectivity index (χ1v) is 7.34. The Morgan fingerprint density at radius 2 is 1.87 bits per heavy atom. The molecule has 0 saturated carbocycles. The van der Waals surface area contributed by atoms with Gasteiger partial charge in [0, 0.05) is 5.39 Å². The zero-order valence-electron chi connectivity index (χ0n) is 12.2. The van der Waals surface area contributed by atoms with E-state index < -0.39 is 6.10 Å². The van der Waals surface area contributed by atoms with Crippen molar-refractivity contribution in [2.75, 3.05) is 11.9 Å². The van der Waals surface area contributed by atoms with Crippen LogP contribution in [0.5, 0.6) is 11.5 Å². The first kappa shape index (κ1) is 13.6. The fourth-order valence-corrected chi connectivity index (χ4v) is 2.51. The SMILES string of the molecule is O=C(Nc1cnc2ccccc2c1)[C@H]1COc2ccccc2O1. The first-order chi connectivity index (χ1) is 11.3.